The van der Waals surface area contributed by atoms with E-state index < -0.39 is 30.0 Å². The molecule has 1 aromatic heterocycles. The number of nitrogens with zero attached hydrogens (tertiary/aromatic N) is 4. The fourth-order valence-corrected chi connectivity index (χ4v) is 4.38. The van der Waals surface area contributed by atoms with Gasteiger partial charge in [-0.2, -0.15) is 36.5 Å². The molecule has 1 aliphatic heterocycles. The number of amidine groups is 2. The van der Waals surface area contributed by atoms with Crippen molar-refractivity contribution in [2.45, 2.75) is 18.9 Å². The normalized spacial score (nSPS) is 17.0. The number of thioether (sulfide) groups is 1. The van der Waals surface area contributed by atoms with Crippen LogP contribution in [0.4, 0.5) is 26.3 Å². The van der Waals surface area contributed by atoms with Gasteiger partial charge in [-0.3, -0.25) is 14.5 Å². The number of hydrazone groups is 1. The fourth-order valence-electron chi connectivity index (χ4n) is 3.56. The Bertz CT molecular complexity index is 1470. The second-order valence-electron chi connectivity index (χ2n) is 7.91. The summed E-state index contributed by atoms with van der Waals surface area (Å²) in [6.07, 6.45) is -6.89. The molecule has 0 unspecified atom stereocenters. The molecule has 0 atom stereocenters. The van der Waals surface area contributed by atoms with E-state index in [-0.39, 0.29) is 29.9 Å². The lowest BCUT2D eigenvalue weighted by atomic mass is 10.0. The van der Waals surface area contributed by atoms with Gasteiger partial charge in [-0.05, 0) is 53.2 Å². The summed E-state index contributed by atoms with van der Waals surface area (Å²) in [6, 6.07) is 6.41. The highest BCUT2D eigenvalue weighted by Crippen LogP contribution is 2.38. The second kappa shape index (κ2) is 10.4. The molecule has 1 saturated heterocycles. The van der Waals surface area contributed by atoms with Crippen LogP contribution in [0.5, 0.6) is 0 Å². The summed E-state index contributed by atoms with van der Waals surface area (Å²) in [5, 5.41) is 11.1. The van der Waals surface area contributed by atoms with Crippen molar-refractivity contribution < 1.29 is 31.1 Å². The van der Waals surface area contributed by atoms with Gasteiger partial charge in [0.15, 0.2) is 5.17 Å². The van der Waals surface area contributed by atoms with E-state index in [2.05, 4.69) is 20.5 Å². The molecule has 0 bridgehead atoms. The SMILES string of the molecule is NN/N=C(\N)CN=C1NC(=O)/C(=C/c2ccc3c(cnn3Cc3ccc(C(F)(F)F)cc3C(F)(F)F)c2)S1. The topological polar surface area (TPSA) is 136 Å². The molecule has 4 rings (SSSR count). The van der Waals surface area contributed by atoms with Crippen LogP contribution in [0.2, 0.25) is 0 Å². The molecule has 2 heterocycles. The largest absolute Gasteiger partial charge is 0.416 e. The Kier molecular flexibility index (Phi) is 7.37. The number of fused-ring (bicyclic) bond motifs is 1. The number of amides is 1. The highest BCUT2D eigenvalue weighted by atomic mass is 32.2. The van der Waals surface area contributed by atoms with Gasteiger partial charge >= 0.3 is 12.4 Å². The van der Waals surface area contributed by atoms with Crippen molar-refractivity contribution in [2.75, 3.05) is 6.54 Å². The van der Waals surface area contributed by atoms with Crippen LogP contribution in [-0.2, 0) is 23.7 Å². The molecular formula is C22H18F6N8OS. The average molecular weight is 556 g/mol. The van der Waals surface area contributed by atoms with Gasteiger partial charge in [0.05, 0.1) is 34.3 Å². The summed E-state index contributed by atoms with van der Waals surface area (Å²) in [7, 11) is 0. The van der Waals surface area contributed by atoms with Crippen molar-refractivity contribution in [1.29, 1.82) is 0 Å². The zero-order chi connectivity index (χ0) is 27.7. The number of hydrogen-bond donors (Lipinski definition) is 4. The third kappa shape index (κ3) is 6.08. The number of aromatic nitrogens is 2. The van der Waals surface area contributed by atoms with Crippen LogP contribution in [0.15, 0.2) is 57.6 Å². The molecule has 1 amide bonds. The lowest BCUT2D eigenvalue weighted by Gasteiger charge is -2.16. The molecule has 0 saturated carbocycles. The fraction of sp³-hybridized carbons (Fsp3) is 0.182. The molecule has 3 aromatic rings. The molecule has 6 N–H and O–H groups in total. The summed E-state index contributed by atoms with van der Waals surface area (Å²) in [5.41, 5.74) is 5.53. The molecule has 0 radical (unpaired) electrons. The lowest BCUT2D eigenvalue weighted by molar-refractivity contribution is -0.143. The Morgan fingerprint density at radius 3 is 2.58 bits per heavy atom. The number of carbonyl (C=O) groups excluding carboxylic acids is 1. The van der Waals surface area contributed by atoms with Crippen molar-refractivity contribution in [3.8, 4) is 0 Å². The van der Waals surface area contributed by atoms with Gasteiger partial charge in [-0.1, -0.05) is 12.1 Å². The number of nitrogens with two attached hydrogens (primary N) is 2. The highest BCUT2D eigenvalue weighted by Gasteiger charge is 2.38. The molecule has 200 valence electrons. The van der Waals surface area contributed by atoms with Crippen LogP contribution >= 0.6 is 11.8 Å². The van der Waals surface area contributed by atoms with Crippen LogP contribution in [0.1, 0.15) is 22.3 Å². The number of aliphatic imine (C=N–C) groups is 1. The first kappa shape index (κ1) is 27.0. The van der Waals surface area contributed by atoms with Crippen molar-refractivity contribution in [2.24, 2.45) is 21.7 Å². The molecule has 9 nitrogen and oxygen atoms in total. The van der Waals surface area contributed by atoms with E-state index in [0.29, 0.717) is 32.6 Å². The number of carbonyl (C=O) groups is 1. The number of benzene rings is 2. The first-order chi connectivity index (χ1) is 17.8. The monoisotopic (exact) mass is 556 g/mol. The zero-order valence-corrected chi connectivity index (χ0v) is 19.9. The minimum Gasteiger partial charge on any atom is -0.384 e. The van der Waals surface area contributed by atoms with Gasteiger partial charge in [0, 0.05) is 5.39 Å². The Hall–Kier alpha value is -4.05. The standard InChI is InChI=1S/C22H18F6N8OS/c23-21(24,25)14-3-2-12(15(7-14)22(26,27)28)10-36-16-4-1-11(5-13(16)8-32-36)6-17-19(37)33-20(38-17)31-9-18(29)34-35-30/h1-8,35H,9-10,30H2,(H2,29,34)(H,31,33,37)/b17-6-. The smallest absolute Gasteiger partial charge is 0.384 e. The molecule has 38 heavy (non-hydrogen) atoms. The third-order valence-electron chi connectivity index (χ3n) is 5.27. The average Bonchev–Trinajstić information content (AvgIpc) is 3.39. The minimum atomic E-state index is -4.99. The summed E-state index contributed by atoms with van der Waals surface area (Å²) in [5.74, 6) is 4.74. The number of halogens is 6. The molecule has 1 aliphatic rings. The Morgan fingerprint density at radius 1 is 1.13 bits per heavy atom. The summed E-state index contributed by atoms with van der Waals surface area (Å²) >= 11 is 1.07. The van der Waals surface area contributed by atoms with Gasteiger partial charge in [-0.25, -0.2) is 11.4 Å². The third-order valence-corrected chi connectivity index (χ3v) is 6.22. The van der Waals surface area contributed by atoms with Crippen molar-refractivity contribution >= 4 is 45.7 Å². The van der Waals surface area contributed by atoms with E-state index in [1.807, 2.05) is 5.53 Å². The van der Waals surface area contributed by atoms with Gasteiger partial charge < -0.3 is 11.1 Å². The summed E-state index contributed by atoms with van der Waals surface area (Å²) in [4.78, 5) is 16.7. The van der Waals surface area contributed by atoms with Crippen molar-refractivity contribution in [3.05, 3.63) is 69.8 Å². The Labute approximate surface area is 214 Å². The predicted molar refractivity (Wildman–Crippen MR) is 130 cm³/mol. The van der Waals surface area contributed by atoms with Crippen LogP contribution in [0.25, 0.3) is 17.0 Å². The molecule has 16 heteroatoms. The Morgan fingerprint density at radius 2 is 1.89 bits per heavy atom. The van der Waals surface area contributed by atoms with Crippen molar-refractivity contribution in [3.63, 3.8) is 0 Å². The van der Waals surface area contributed by atoms with E-state index >= 15 is 0 Å². The van der Waals surface area contributed by atoms with Crippen molar-refractivity contribution in [1.82, 2.24) is 20.6 Å². The predicted octanol–water partition coefficient (Wildman–Crippen LogP) is 3.42. The molecule has 0 aliphatic carbocycles. The van der Waals surface area contributed by atoms with Crippen LogP contribution in [0.3, 0.4) is 0 Å². The number of hydrogen-bond acceptors (Lipinski definition) is 7. The molecular weight excluding hydrogens is 538 g/mol. The number of hydrazine groups is 1. The van der Waals surface area contributed by atoms with E-state index in [4.69, 9.17) is 11.6 Å². The Balaban J connectivity index is 1.57. The van der Waals surface area contributed by atoms with Gasteiger partial charge in [0.1, 0.15) is 12.4 Å². The van der Waals surface area contributed by atoms with Gasteiger partial charge in [-0.15, -0.1) is 0 Å². The summed E-state index contributed by atoms with van der Waals surface area (Å²) in [6.45, 7) is -0.401. The van der Waals surface area contributed by atoms with Gasteiger partial charge in [0.25, 0.3) is 5.91 Å². The zero-order valence-electron chi connectivity index (χ0n) is 19.1. The number of rotatable bonds is 6. The van der Waals surface area contributed by atoms with E-state index in [0.717, 1.165) is 17.8 Å². The first-order valence-electron chi connectivity index (χ1n) is 10.6. The van der Waals surface area contributed by atoms with E-state index in [1.165, 1.54) is 10.9 Å². The molecule has 0 spiro atoms. The number of alkyl halides is 6. The van der Waals surface area contributed by atoms with Gasteiger partial charge in [0.2, 0.25) is 0 Å². The van der Waals surface area contributed by atoms with E-state index in [1.54, 1.807) is 24.3 Å². The van der Waals surface area contributed by atoms with Crippen LogP contribution in [0, 0.1) is 0 Å². The second-order valence-corrected chi connectivity index (χ2v) is 8.94. The lowest BCUT2D eigenvalue weighted by Crippen LogP contribution is -2.26. The highest BCUT2D eigenvalue weighted by molar-refractivity contribution is 8.18. The quantitative estimate of drug-likeness (QED) is 0.0918. The van der Waals surface area contributed by atoms with Crippen LogP contribution in [-0.4, -0.2) is 33.2 Å². The van der Waals surface area contributed by atoms with Crippen LogP contribution < -0.4 is 22.4 Å². The first-order valence-corrected chi connectivity index (χ1v) is 11.4. The van der Waals surface area contributed by atoms with E-state index in [9.17, 15) is 31.1 Å². The minimum absolute atomic E-state index is 0.000221. The maximum absolute atomic E-state index is 13.5. The number of nitrogens with one attached hydrogen (secondary N) is 2. The maximum atomic E-state index is 13.5. The maximum Gasteiger partial charge on any atom is 0.416 e. The summed E-state index contributed by atoms with van der Waals surface area (Å²) < 4.78 is 80.7. The molecule has 1 fully saturated rings. The molecule has 2 aromatic carbocycles.